The number of carboxylic acid groups (broad SMARTS) is 1. The zero-order valence-corrected chi connectivity index (χ0v) is 24.5. The van der Waals surface area contributed by atoms with E-state index in [4.69, 9.17) is 4.74 Å². The third kappa shape index (κ3) is 7.85. The second kappa shape index (κ2) is 13.5. The molecule has 5 rings (SSSR count). The lowest BCUT2D eigenvalue weighted by Gasteiger charge is -2.32. The standard InChI is InChI=1S/C33H36F5N3O3/c1-21-16-24(22-5-11-40(12-6-22)15-9-33(36,37)38)2-3-26(21)20-44-31-28(18-27(34)19-29(31)35)25-4-10-39-30(17-25)41-13-7-23(8-14-41)32(42)43/h2-4,10,16-19,22-23H,5-9,11-15,20H2,1H3,(H,42,43). The lowest BCUT2D eigenvalue weighted by Crippen LogP contribution is -2.36. The van der Waals surface area contributed by atoms with Gasteiger partial charge in [0.2, 0.25) is 0 Å². The molecule has 2 fully saturated rings. The molecule has 0 amide bonds. The molecule has 2 saturated heterocycles. The summed E-state index contributed by atoms with van der Waals surface area (Å²) >= 11 is 0. The molecule has 2 aromatic carbocycles. The molecule has 0 bridgehead atoms. The van der Waals surface area contributed by atoms with Gasteiger partial charge < -0.3 is 19.6 Å². The highest BCUT2D eigenvalue weighted by molar-refractivity contribution is 5.73. The molecule has 0 atom stereocenters. The summed E-state index contributed by atoms with van der Waals surface area (Å²) in [7, 11) is 0. The van der Waals surface area contributed by atoms with E-state index in [9.17, 15) is 27.5 Å². The molecule has 0 saturated carbocycles. The van der Waals surface area contributed by atoms with Crippen molar-refractivity contribution in [3.63, 3.8) is 0 Å². The Balaban J connectivity index is 1.26. The van der Waals surface area contributed by atoms with E-state index in [1.54, 1.807) is 18.3 Å². The van der Waals surface area contributed by atoms with Crippen LogP contribution in [-0.2, 0) is 11.4 Å². The minimum Gasteiger partial charge on any atom is -0.485 e. The molecule has 0 spiro atoms. The number of carbonyl (C=O) groups is 1. The van der Waals surface area contributed by atoms with Gasteiger partial charge in [-0.25, -0.2) is 13.8 Å². The van der Waals surface area contributed by atoms with Crippen molar-refractivity contribution >= 4 is 11.8 Å². The number of pyridine rings is 1. The van der Waals surface area contributed by atoms with Crippen molar-refractivity contribution in [1.82, 2.24) is 9.88 Å². The number of nitrogens with zero attached hydrogens (tertiary/aromatic N) is 3. The van der Waals surface area contributed by atoms with Crippen LogP contribution in [0.2, 0.25) is 0 Å². The molecular formula is C33H36F5N3O3. The Kier molecular flexibility index (Phi) is 9.72. The Morgan fingerprint density at radius 1 is 1.00 bits per heavy atom. The minimum atomic E-state index is -4.15. The van der Waals surface area contributed by atoms with E-state index < -0.39 is 36.1 Å². The Morgan fingerprint density at radius 3 is 2.39 bits per heavy atom. The summed E-state index contributed by atoms with van der Waals surface area (Å²) in [6, 6.07) is 11.4. The van der Waals surface area contributed by atoms with Gasteiger partial charge in [-0.15, -0.1) is 0 Å². The van der Waals surface area contributed by atoms with Crippen molar-refractivity contribution in [3.05, 3.63) is 77.0 Å². The van der Waals surface area contributed by atoms with Gasteiger partial charge in [0, 0.05) is 37.5 Å². The molecule has 0 aliphatic carbocycles. The van der Waals surface area contributed by atoms with Crippen LogP contribution in [0.1, 0.15) is 54.7 Å². The number of benzene rings is 2. The second-order valence-corrected chi connectivity index (χ2v) is 11.7. The van der Waals surface area contributed by atoms with E-state index >= 15 is 4.39 Å². The van der Waals surface area contributed by atoms with E-state index in [0.717, 1.165) is 35.6 Å². The monoisotopic (exact) mass is 617 g/mol. The number of carboxylic acids is 1. The predicted molar refractivity (Wildman–Crippen MR) is 157 cm³/mol. The third-order valence-electron chi connectivity index (χ3n) is 8.74. The molecule has 3 heterocycles. The summed E-state index contributed by atoms with van der Waals surface area (Å²) in [5, 5.41) is 9.29. The van der Waals surface area contributed by atoms with E-state index in [-0.39, 0.29) is 30.4 Å². The fourth-order valence-electron chi connectivity index (χ4n) is 6.10. The first-order valence-corrected chi connectivity index (χ1v) is 14.9. The van der Waals surface area contributed by atoms with Gasteiger partial charge in [0.05, 0.1) is 12.3 Å². The molecule has 236 valence electrons. The van der Waals surface area contributed by atoms with Crippen LogP contribution < -0.4 is 9.64 Å². The number of aryl methyl sites for hydroxylation is 1. The van der Waals surface area contributed by atoms with Gasteiger partial charge in [0.1, 0.15) is 18.2 Å². The van der Waals surface area contributed by atoms with Crippen LogP contribution in [0.5, 0.6) is 5.75 Å². The molecule has 2 aliphatic rings. The summed E-state index contributed by atoms with van der Waals surface area (Å²) in [6.07, 6.45) is -0.840. The van der Waals surface area contributed by atoms with Gasteiger partial charge >= 0.3 is 12.1 Å². The molecule has 1 aromatic heterocycles. The maximum Gasteiger partial charge on any atom is 0.390 e. The molecule has 1 N–H and O–H groups in total. The first-order valence-electron chi connectivity index (χ1n) is 14.9. The number of hydrogen-bond donors (Lipinski definition) is 1. The number of halogens is 5. The SMILES string of the molecule is Cc1cc(C2CCN(CCC(F)(F)F)CC2)ccc1COc1c(F)cc(F)cc1-c1ccnc(N2CCC(C(=O)O)CC2)c1. The van der Waals surface area contributed by atoms with Gasteiger partial charge in [-0.05, 0) is 92.1 Å². The Morgan fingerprint density at radius 2 is 1.73 bits per heavy atom. The highest BCUT2D eigenvalue weighted by atomic mass is 19.4. The maximum absolute atomic E-state index is 15.1. The van der Waals surface area contributed by atoms with Crippen LogP contribution in [0.25, 0.3) is 11.1 Å². The van der Waals surface area contributed by atoms with Crippen molar-refractivity contribution in [1.29, 1.82) is 0 Å². The number of aliphatic carboxylic acids is 1. The second-order valence-electron chi connectivity index (χ2n) is 11.7. The van der Waals surface area contributed by atoms with Crippen LogP contribution in [0, 0.1) is 24.5 Å². The smallest absolute Gasteiger partial charge is 0.390 e. The summed E-state index contributed by atoms with van der Waals surface area (Å²) in [4.78, 5) is 19.6. The lowest BCUT2D eigenvalue weighted by molar-refractivity contribution is -0.142. The first kappa shape index (κ1) is 31.7. The number of anilines is 1. The number of piperidine rings is 2. The van der Waals surface area contributed by atoms with Gasteiger partial charge in [-0.3, -0.25) is 4.79 Å². The van der Waals surface area contributed by atoms with Gasteiger partial charge in [0.15, 0.2) is 11.6 Å². The molecule has 2 aliphatic heterocycles. The number of alkyl halides is 3. The van der Waals surface area contributed by atoms with Crippen molar-refractivity contribution in [2.24, 2.45) is 5.92 Å². The Bertz CT molecular complexity index is 1470. The van der Waals surface area contributed by atoms with Crippen LogP contribution in [-0.4, -0.2) is 59.9 Å². The van der Waals surface area contributed by atoms with Crippen molar-refractivity contribution in [2.75, 3.05) is 37.6 Å². The Labute approximate surface area is 253 Å². The highest BCUT2D eigenvalue weighted by Gasteiger charge is 2.30. The largest absolute Gasteiger partial charge is 0.485 e. The Hall–Kier alpha value is -3.73. The van der Waals surface area contributed by atoms with Gasteiger partial charge in [-0.1, -0.05) is 18.2 Å². The molecule has 0 radical (unpaired) electrons. The van der Waals surface area contributed by atoms with Crippen LogP contribution in [0.3, 0.4) is 0 Å². The molecule has 6 nitrogen and oxygen atoms in total. The average molecular weight is 618 g/mol. The van der Waals surface area contributed by atoms with Crippen LogP contribution in [0.4, 0.5) is 27.8 Å². The summed E-state index contributed by atoms with van der Waals surface area (Å²) in [6.45, 7) is 4.29. The molecule has 3 aromatic rings. The maximum atomic E-state index is 15.1. The van der Waals surface area contributed by atoms with E-state index in [1.165, 1.54) is 6.07 Å². The van der Waals surface area contributed by atoms with Crippen LogP contribution >= 0.6 is 0 Å². The third-order valence-corrected chi connectivity index (χ3v) is 8.74. The van der Waals surface area contributed by atoms with Crippen LogP contribution in [0.15, 0.2) is 48.7 Å². The summed E-state index contributed by atoms with van der Waals surface area (Å²) in [5.41, 5.74) is 3.67. The van der Waals surface area contributed by atoms with Crippen molar-refractivity contribution < 1.29 is 36.6 Å². The number of aromatic nitrogens is 1. The quantitative estimate of drug-likeness (QED) is 0.254. The normalized spacial score (nSPS) is 17.2. The van der Waals surface area contributed by atoms with Crippen molar-refractivity contribution in [3.8, 4) is 16.9 Å². The van der Waals surface area contributed by atoms with Crippen molar-refractivity contribution in [2.45, 2.75) is 57.7 Å². The fraction of sp³-hybridized carbons (Fsp3) is 0.455. The average Bonchev–Trinajstić information content (AvgIpc) is 3.00. The molecule has 0 unspecified atom stereocenters. The topological polar surface area (TPSA) is 65.9 Å². The van der Waals surface area contributed by atoms with Gasteiger partial charge in [-0.2, -0.15) is 13.2 Å². The van der Waals surface area contributed by atoms with E-state index in [2.05, 4.69) is 11.1 Å². The zero-order chi connectivity index (χ0) is 31.4. The lowest BCUT2D eigenvalue weighted by atomic mass is 9.88. The minimum absolute atomic E-state index is 0.0275. The number of ether oxygens (including phenoxy) is 1. The summed E-state index contributed by atoms with van der Waals surface area (Å²) in [5.74, 6) is -2.00. The van der Waals surface area contributed by atoms with E-state index in [1.807, 2.05) is 28.9 Å². The zero-order valence-electron chi connectivity index (χ0n) is 24.5. The number of likely N-dealkylation sites (tertiary alicyclic amines) is 1. The fourth-order valence-corrected chi connectivity index (χ4v) is 6.10. The molecular weight excluding hydrogens is 581 g/mol. The highest BCUT2D eigenvalue weighted by Crippen LogP contribution is 2.36. The number of rotatable bonds is 9. The predicted octanol–water partition coefficient (Wildman–Crippen LogP) is 7.35. The molecule has 11 heteroatoms. The summed E-state index contributed by atoms with van der Waals surface area (Å²) < 4.78 is 73.2. The molecule has 44 heavy (non-hydrogen) atoms. The number of hydrogen-bond acceptors (Lipinski definition) is 5. The van der Waals surface area contributed by atoms with Gasteiger partial charge in [0.25, 0.3) is 0 Å². The first-order chi connectivity index (χ1) is 21.0. The van der Waals surface area contributed by atoms with E-state index in [0.29, 0.717) is 50.4 Å².